The fourth-order valence-corrected chi connectivity index (χ4v) is 3.18. The normalized spacial score (nSPS) is 34.6. The molecule has 0 aromatic carbocycles. The Kier molecular flexibility index (Phi) is 2.87. The van der Waals surface area contributed by atoms with E-state index in [-0.39, 0.29) is 11.4 Å². The average molecular weight is 239 g/mol. The van der Waals surface area contributed by atoms with Crippen molar-refractivity contribution < 1.29 is 14.3 Å². The van der Waals surface area contributed by atoms with Crippen LogP contribution in [0.25, 0.3) is 0 Å². The highest BCUT2D eigenvalue weighted by molar-refractivity contribution is 5.80. The lowest BCUT2D eigenvalue weighted by atomic mass is 10.1. The summed E-state index contributed by atoms with van der Waals surface area (Å²) in [7, 11) is 0. The topological polar surface area (TPSA) is 38.8 Å². The van der Waals surface area contributed by atoms with Crippen molar-refractivity contribution >= 4 is 5.97 Å². The molecule has 3 aliphatic rings. The van der Waals surface area contributed by atoms with Crippen molar-refractivity contribution in [3.8, 4) is 0 Å². The van der Waals surface area contributed by atoms with Crippen LogP contribution in [0.5, 0.6) is 0 Å². The average Bonchev–Trinajstić information content (AvgIpc) is 3.05. The molecule has 4 heteroatoms. The number of carbonyl (C=O) groups excluding carboxylic acids is 1. The summed E-state index contributed by atoms with van der Waals surface area (Å²) in [4.78, 5) is 14.5. The molecule has 0 N–H and O–H groups in total. The summed E-state index contributed by atoms with van der Waals surface area (Å²) in [6.45, 7) is 4.96. The van der Waals surface area contributed by atoms with E-state index < -0.39 is 0 Å². The molecule has 3 rings (SSSR count). The lowest BCUT2D eigenvalue weighted by Gasteiger charge is -2.36. The monoisotopic (exact) mass is 239 g/mol. The number of nitrogens with zero attached hydrogens (tertiary/aromatic N) is 1. The van der Waals surface area contributed by atoms with Gasteiger partial charge < -0.3 is 9.47 Å². The van der Waals surface area contributed by atoms with Gasteiger partial charge in [-0.05, 0) is 32.6 Å². The van der Waals surface area contributed by atoms with E-state index in [4.69, 9.17) is 9.47 Å². The molecule has 1 saturated carbocycles. The highest BCUT2D eigenvalue weighted by Gasteiger charge is 2.54. The van der Waals surface area contributed by atoms with Gasteiger partial charge in [0.15, 0.2) is 0 Å². The van der Waals surface area contributed by atoms with Gasteiger partial charge in [-0.2, -0.15) is 0 Å². The molecule has 2 heterocycles. The first-order valence-electron chi connectivity index (χ1n) is 6.76. The number of fused-ring (bicyclic) bond motifs is 2. The Bertz CT molecular complexity index is 298. The largest absolute Gasteiger partial charge is 0.466 e. The predicted octanol–water partition coefficient (Wildman–Crippen LogP) is 1.19. The van der Waals surface area contributed by atoms with Crippen molar-refractivity contribution in [1.29, 1.82) is 0 Å². The standard InChI is InChI=1S/C13H21NO3/c1-2-17-12(15)13(5-6-13)9-14-10-3-4-11(14)8-16-7-10/h10-11H,2-9H2,1H3. The van der Waals surface area contributed by atoms with Crippen LogP contribution >= 0.6 is 0 Å². The van der Waals surface area contributed by atoms with E-state index in [2.05, 4.69) is 4.90 Å². The third kappa shape index (κ3) is 1.97. The minimum atomic E-state index is -0.172. The zero-order valence-electron chi connectivity index (χ0n) is 10.5. The zero-order chi connectivity index (χ0) is 11.9. The Hall–Kier alpha value is -0.610. The third-order valence-electron chi connectivity index (χ3n) is 4.44. The maximum absolute atomic E-state index is 12.0. The Labute approximate surface area is 102 Å². The lowest BCUT2D eigenvalue weighted by molar-refractivity contribution is -0.151. The highest BCUT2D eigenvalue weighted by atomic mass is 16.5. The van der Waals surface area contributed by atoms with Crippen molar-refractivity contribution in [3.05, 3.63) is 0 Å². The summed E-state index contributed by atoms with van der Waals surface area (Å²) >= 11 is 0. The van der Waals surface area contributed by atoms with Crippen LogP contribution in [-0.2, 0) is 14.3 Å². The first-order chi connectivity index (χ1) is 8.25. The van der Waals surface area contributed by atoms with E-state index in [1.807, 2.05) is 6.92 Å². The number of ether oxygens (including phenoxy) is 2. The molecule has 0 aromatic heterocycles. The molecular formula is C13H21NO3. The molecule has 3 fully saturated rings. The Morgan fingerprint density at radius 1 is 1.35 bits per heavy atom. The van der Waals surface area contributed by atoms with Crippen molar-refractivity contribution in [2.75, 3.05) is 26.4 Å². The van der Waals surface area contributed by atoms with Crippen LogP contribution in [-0.4, -0.2) is 49.3 Å². The molecular weight excluding hydrogens is 218 g/mol. The molecule has 0 amide bonds. The minimum Gasteiger partial charge on any atom is -0.466 e. The number of morpholine rings is 1. The van der Waals surface area contributed by atoms with Gasteiger partial charge in [0.2, 0.25) is 0 Å². The molecule has 2 unspecified atom stereocenters. The fraction of sp³-hybridized carbons (Fsp3) is 0.923. The molecule has 2 atom stereocenters. The zero-order valence-corrected chi connectivity index (χ0v) is 10.5. The molecule has 2 bridgehead atoms. The molecule has 17 heavy (non-hydrogen) atoms. The maximum Gasteiger partial charge on any atom is 0.313 e. The Morgan fingerprint density at radius 2 is 2.00 bits per heavy atom. The van der Waals surface area contributed by atoms with Gasteiger partial charge in [0.05, 0.1) is 25.2 Å². The van der Waals surface area contributed by atoms with Gasteiger partial charge in [0.25, 0.3) is 0 Å². The van der Waals surface area contributed by atoms with Gasteiger partial charge in [-0.25, -0.2) is 0 Å². The van der Waals surface area contributed by atoms with Gasteiger partial charge in [-0.15, -0.1) is 0 Å². The lowest BCUT2D eigenvalue weighted by Crippen LogP contribution is -2.49. The number of rotatable bonds is 4. The second-order valence-corrected chi connectivity index (χ2v) is 5.60. The van der Waals surface area contributed by atoms with E-state index in [0.717, 1.165) is 32.6 Å². The number of esters is 1. The second kappa shape index (κ2) is 4.25. The van der Waals surface area contributed by atoms with Crippen molar-refractivity contribution in [3.63, 3.8) is 0 Å². The van der Waals surface area contributed by atoms with Crippen LogP contribution < -0.4 is 0 Å². The SMILES string of the molecule is CCOC(=O)C1(CN2C3CCC2COC3)CC1. The van der Waals surface area contributed by atoms with Crippen molar-refractivity contribution in [2.24, 2.45) is 5.41 Å². The Balaban J connectivity index is 1.65. The van der Waals surface area contributed by atoms with Crippen LogP contribution in [0.1, 0.15) is 32.6 Å². The van der Waals surface area contributed by atoms with E-state index >= 15 is 0 Å². The van der Waals surface area contributed by atoms with Crippen LogP contribution in [0.3, 0.4) is 0 Å². The van der Waals surface area contributed by atoms with Crippen molar-refractivity contribution in [1.82, 2.24) is 4.90 Å². The van der Waals surface area contributed by atoms with Gasteiger partial charge >= 0.3 is 5.97 Å². The van der Waals surface area contributed by atoms with E-state index in [9.17, 15) is 4.79 Å². The minimum absolute atomic E-state index is 0.0193. The van der Waals surface area contributed by atoms with Crippen LogP contribution in [0.2, 0.25) is 0 Å². The van der Waals surface area contributed by atoms with E-state index in [1.165, 1.54) is 12.8 Å². The summed E-state index contributed by atoms with van der Waals surface area (Å²) in [5.74, 6) is 0.0193. The molecule has 0 aromatic rings. The molecule has 0 radical (unpaired) electrons. The maximum atomic E-state index is 12.0. The predicted molar refractivity (Wildman–Crippen MR) is 62.6 cm³/mol. The van der Waals surface area contributed by atoms with Crippen LogP contribution in [0.4, 0.5) is 0 Å². The molecule has 96 valence electrons. The number of carbonyl (C=O) groups is 1. The summed E-state index contributed by atoms with van der Waals surface area (Å²) in [5.41, 5.74) is -0.172. The second-order valence-electron chi connectivity index (χ2n) is 5.60. The van der Waals surface area contributed by atoms with E-state index in [1.54, 1.807) is 0 Å². The van der Waals surface area contributed by atoms with E-state index in [0.29, 0.717) is 18.7 Å². The molecule has 2 saturated heterocycles. The highest BCUT2D eigenvalue weighted by Crippen LogP contribution is 2.49. The van der Waals surface area contributed by atoms with Crippen molar-refractivity contribution in [2.45, 2.75) is 44.7 Å². The first kappa shape index (κ1) is 11.5. The van der Waals surface area contributed by atoms with Gasteiger partial charge in [-0.1, -0.05) is 0 Å². The Morgan fingerprint density at radius 3 is 2.53 bits per heavy atom. The van der Waals surface area contributed by atoms with Crippen LogP contribution in [0.15, 0.2) is 0 Å². The number of hydrogen-bond acceptors (Lipinski definition) is 4. The summed E-state index contributed by atoms with van der Waals surface area (Å²) < 4.78 is 10.8. The van der Waals surface area contributed by atoms with Crippen LogP contribution in [0, 0.1) is 5.41 Å². The van der Waals surface area contributed by atoms with Gasteiger partial charge in [0.1, 0.15) is 0 Å². The summed E-state index contributed by atoms with van der Waals surface area (Å²) in [6, 6.07) is 1.08. The number of hydrogen-bond donors (Lipinski definition) is 0. The first-order valence-corrected chi connectivity index (χ1v) is 6.76. The smallest absolute Gasteiger partial charge is 0.313 e. The molecule has 0 spiro atoms. The molecule has 2 aliphatic heterocycles. The van der Waals surface area contributed by atoms with Gasteiger partial charge in [0, 0.05) is 18.6 Å². The fourth-order valence-electron chi connectivity index (χ4n) is 3.18. The third-order valence-corrected chi connectivity index (χ3v) is 4.44. The van der Waals surface area contributed by atoms with Gasteiger partial charge in [-0.3, -0.25) is 9.69 Å². The molecule has 1 aliphatic carbocycles. The molecule has 4 nitrogen and oxygen atoms in total. The summed E-state index contributed by atoms with van der Waals surface area (Å²) in [5, 5.41) is 0. The quantitative estimate of drug-likeness (QED) is 0.691. The summed E-state index contributed by atoms with van der Waals surface area (Å²) in [6.07, 6.45) is 4.46.